The van der Waals surface area contributed by atoms with Gasteiger partial charge in [0.2, 0.25) is 5.91 Å². The first-order valence-electron chi connectivity index (χ1n) is 13.3. The maximum atomic E-state index is 14.9. The zero-order chi connectivity index (χ0) is 27.4. The average molecular weight is 652 g/mol. The van der Waals surface area contributed by atoms with Crippen molar-refractivity contribution in [3.63, 3.8) is 0 Å². The molecule has 0 saturated carbocycles. The number of nitrogens with one attached hydrogen (secondary N) is 1. The second kappa shape index (κ2) is 12.8. The number of hydrogen-bond acceptors (Lipinski definition) is 4. The summed E-state index contributed by atoms with van der Waals surface area (Å²) < 4.78 is 51.6. The van der Waals surface area contributed by atoms with E-state index in [0.717, 1.165) is 23.8 Å². The molecule has 2 aromatic carbocycles. The van der Waals surface area contributed by atoms with Crippen LogP contribution in [0.5, 0.6) is 0 Å². The van der Waals surface area contributed by atoms with Gasteiger partial charge in [0.05, 0.1) is 16.2 Å². The summed E-state index contributed by atoms with van der Waals surface area (Å²) in [6.45, 7) is 2.54. The second-order valence-corrected chi connectivity index (χ2v) is 11.0. The van der Waals surface area contributed by atoms with Gasteiger partial charge in [-0.25, -0.2) is 18.2 Å². The van der Waals surface area contributed by atoms with Crippen molar-refractivity contribution in [3.8, 4) is 11.3 Å². The fourth-order valence-corrected chi connectivity index (χ4v) is 6.05. The van der Waals surface area contributed by atoms with Crippen LogP contribution in [0.4, 0.5) is 13.2 Å². The smallest absolute Gasteiger partial charge is 0.233 e. The van der Waals surface area contributed by atoms with Crippen LogP contribution in [0.2, 0.25) is 0 Å². The quantitative estimate of drug-likeness (QED) is 0.256. The molecule has 5 rings (SSSR count). The Morgan fingerprint density at radius 3 is 2.62 bits per heavy atom. The maximum Gasteiger partial charge on any atom is 0.233 e. The van der Waals surface area contributed by atoms with Crippen LogP contribution in [-0.4, -0.2) is 63.8 Å². The van der Waals surface area contributed by atoms with Gasteiger partial charge in [0.1, 0.15) is 23.6 Å². The number of nitrogens with zero attached hydrogens (tertiary/aromatic N) is 3. The highest BCUT2D eigenvalue weighted by molar-refractivity contribution is 14.1. The van der Waals surface area contributed by atoms with E-state index in [2.05, 4.69) is 27.9 Å². The van der Waals surface area contributed by atoms with Crippen LogP contribution in [-0.2, 0) is 16.1 Å². The van der Waals surface area contributed by atoms with Crippen LogP contribution < -0.4 is 5.32 Å². The molecular formula is C29H32F3IN4O2. The first-order valence-corrected chi connectivity index (χ1v) is 14.8. The molecule has 3 atom stereocenters. The van der Waals surface area contributed by atoms with Crippen molar-refractivity contribution in [1.82, 2.24) is 19.8 Å². The predicted molar refractivity (Wildman–Crippen MR) is 151 cm³/mol. The molecule has 0 radical (unpaired) electrons. The van der Waals surface area contributed by atoms with E-state index < -0.39 is 23.8 Å². The van der Waals surface area contributed by atoms with Gasteiger partial charge in [0.15, 0.2) is 0 Å². The van der Waals surface area contributed by atoms with Crippen molar-refractivity contribution in [2.75, 3.05) is 37.3 Å². The number of ether oxygens (including phenoxy) is 1. The van der Waals surface area contributed by atoms with E-state index in [9.17, 15) is 18.0 Å². The molecular weight excluding hydrogens is 620 g/mol. The Balaban J connectivity index is 1.64. The third kappa shape index (κ3) is 6.49. The average Bonchev–Trinajstić information content (AvgIpc) is 3.56. The molecule has 2 saturated heterocycles. The lowest BCUT2D eigenvalue weighted by Crippen LogP contribution is -2.45. The summed E-state index contributed by atoms with van der Waals surface area (Å²) in [6, 6.07) is 12.6. The van der Waals surface area contributed by atoms with Gasteiger partial charge in [-0.15, -0.1) is 0 Å². The van der Waals surface area contributed by atoms with Crippen molar-refractivity contribution in [3.05, 3.63) is 77.8 Å². The van der Waals surface area contributed by atoms with Crippen LogP contribution >= 0.6 is 22.6 Å². The van der Waals surface area contributed by atoms with Gasteiger partial charge in [-0.3, -0.25) is 4.79 Å². The molecule has 3 aromatic rings. The van der Waals surface area contributed by atoms with Crippen LogP contribution in [0.15, 0.2) is 54.7 Å². The molecule has 2 aliphatic rings. The van der Waals surface area contributed by atoms with E-state index in [-0.39, 0.29) is 40.8 Å². The molecule has 10 heteroatoms. The number of hydrogen-bond donors (Lipinski definition) is 1. The molecule has 0 spiro atoms. The van der Waals surface area contributed by atoms with Gasteiger partial charge in [0, 0.05) is 57.1 Å². The number of halogens is 4. The van der Waals surface area contributed by atoms with Gasteiger partial charge < -0.3 is 19.5 Å². The highest BCUT2D eigenvalue weighted by Crippen LogP contribution is 2.38. The Hall–Kier alpha value is -2.44. The predicted octanol–water partition coefficient (Wildman–Crippen LogP) is 5.17. The van der Waals surface area contributed by atoms with Crippen LogP contribution in [0, 0.1) is 23.5 Å². The van der Waals surface area contributed by atoms with Crippen LogP contribution in [0.3, 0.4) is 0 Å². The molecule has 1 aromatic heterocycles. The minimum Gasteiger partial charge on any atom is -0.381 e. The highest BCUT2D eigenvalue weighted by Gasteiger charge is 2.39. The Morgan fingerprint density at radius 2 is 1.92 bits per heavy atom. The van der Waals surface area contributed by atoms with E-state index in [0.29, 0.717) is 50.7 Å². The van der Waals surface area contributed by atoms with E-state index >= 15 is 0 Å². The first-order chi connectivity index (χ1) is 18.9. The lowest BCUT2D eigenvalue weighted by atomic mass is 9.88. The highest BCUT2D eigenvalue weighted by atomic mass is 127. The number of carbonyl (C=O) groups excluding carboxylic acids is 1. The number of rotatable bonds is 9. The van der Waals surface area contributed by atoms with Crippen molar-refractivity contribution in [2.45, 2.75) is 31.6 Å². The van der Waals surface area contributed by atoms with Crippen molar-refractivity contribution >= 4 is 28.5 Å². The van der Waals surface area contributed by atoms with Gasteiger partial charge in [-0.1, -0.05) is 52.9 Å². The Kier molecular flexibility index (Phi) is 9.24. The van der Waals surface area contributed by atoms with Crippen LogP contribution in [0.25, 0.3) is 11.3 Å². The first kappa shape index (κ1) is 28.1. The molecule has 0 bridgehead atoms. The maximum absolute atomic E-state index is 14.9. The Bertz CT molecular complexity index is 1270. The molecule has 39 heavy (non-hydrogen) atoms. The van der Waals surface area contributed by atoms with Crippen molar-refractivity contribution < 1.29 is 22.7 Å². The monoisotopic (exact) mass is 652 g/mol. The fourth-order valence-electron chi connectivity index (χ4n) is 5.61. The lowest BCUT2D eigenvalue weighted by Gasteiger charge is -2.39. The third-order valence-corrected chi connectivity index (χ3v) is 8.30. The minimum atomic E-state index is -1.05. The van der Waals surface area contributed by atoms with Crippen LogP contribution in [0.1, 0.15) is 30.3 Å². The molecule has 3 heterocycles. The molecule has 6 nitrogen and oxygen atoms in total. The fraction of sp³-hybridized carbons (Fsp3) is 0.448. The van der Waals surface area contributed by atoms with Gasteiger partial charge in [-0.05, 0) is 42.5 Å². The van der Waals surface area contributed by atoms with E-state index in [1.165, 1.54) is 0 Å². The Labute approximate surface area is 240 Å². The Morgan fingerprint density at radius 1 is 1.15 bits per heavy atom. The number of amides is 1. The summed E-state index contributed by atoms with van der Waals surface area (Å²) in [6.07, 6.45) is 2.10. The largest absolute Gasteiger partial charge is 0.381 e. The third-order valence-electron chi connectivity index (χ3n) is 7.64. The summed E-state index contributed by atoms with van der Waals surface area (Å²) in [4.78, 5) is 20.2. The van der Waals surface area contributed by atoms with Crippen molar-refractivity contribution in [1.29, 1.82) is 0 Å². The summed E-state index contributed by atoms with van der Waals surface area (Å²) in [5, 5.41) is 3.09. The number of carbonyl (C=O) groups is 1. The van der Waals surface area contributed by atoms with E-state index in [4.69, 9.17) is 9.72 Å². The topological polar surface area (TPSA) is 59.4 Å². The zero-order valence-electron chi connectivity index (χ0n) is 21.5. The molecule has 1 amide bonds. The molecule has 208 valence electrons. The number of aromatic nitrogens is 2. The molecule has 2 fully saturated rings. The summed E-state index contributed by atoms with van der Waals surface area (Å²) in [7, 11) is 0. The summed E-state index contributed by atoms with van der Waals surface area (Å²) in [5.41, 5.74) is 1.36. The summed E-state index contributed by atoms with van der Waals surface area (Å²) >= 11 is 2.05. The minimum absolute atomic E-state index is 0.0141. The normalized spacial score (nSPS) is 20.7. The second-order valence-electron chi connectivity index (χ2n) is 10.2. The van der Waals surface area contributed by atoms with Gasteiger partial charge in [-0.2, -0.15) is 0 Å². The summed E-state index contributed by atoms with van der Waals surface area (Å²) in [5.74, 6) is -0.969. The van der Waals surface area contributed by atoms with Gasteiger partial charge >= 0.3 is 0 Å². The van der Waals surface area contributed by atoms with Gasteiger partial charge in [0.25, 0.3) is 0 Å². The molecule has 0 aliphatic carbocycles. The number of benzene rings is 2. The molecule has 1 unspecified atom stereocenters. The van der Waals surface area contributed by atoms with Crippen molar-refractivity contribution in [2.24, 2.45) is 11.8 Å². The van der Waals surface area contributed by atoms with E-state index in [1.807, 2.05) is 34.9 Å². The SMILES string of the molecule is O=C(CI)N(CC1CNC[C@@H]1F)[C@@H](c1nc(-c2cc(F)ccc2F)cn1Cc1ccccc1)C1CCOCC1. The number of alkyl halides is 2. The molecule has 1 N–H and O–H groups in total. The standard InChI is InChI=1S/C29H32F3IN4O2/c30-22-6-7-24(31)23(12-22)26-18-36(16-19-4-2-1-3-5-19)29(35-26)28(20-8-10-39-11-9-20)37(27(38)13-33)17-21-14-34-15-25(21)32/h1-7,12,18,20-21,25,28,34H,8-11,13-17H2/t21?,25-,28+/m0/s1. The van der Waals surface area contributed by atoms with E-state index in [1.54, 1.807) is 11.1 Å². The number of imidazole rings is 1. The molecule has 2 aliphatic heterocycles. The zero-order valence-corrected chi connectivity index (χ0v) is 23.7. The lowest BCUT2D eigenvalue weighted by molar-refractivity contribution is -0.134.